The lowest BCUT2D eigenvalue weighted by Gasteiger charge is -2.22. The molecular formula is C17H18BrF3N4O2S. The average Bonchev–Trinajstić information content (AvgIpc) is 2.60. The van der Waals surface area contributed by atoms with Gasteiger partial charge < -0.3 is 15.2 Å². The van der Waals surface area contributed by atoms with Crippen molar-refractivity contribution >= 4 is 45.0 Å². The predicted octanol–water partition coefficient (Wildman–Crippen LogP) is 4.02. The zero-order valence-corrected chi connectivity index (χ0v) is 17.7. The lowest BCUT2D eigenvalue weighted by Crippen LogP contribution is -2.37. The molecule has 0 spiro atoms. The molecule has 2 heterocycles. The number of nitrogens with two attached hydrogens (primary N) is 1. The highest BCUT2D eigenvalue weighted by atomic mass is 79.9. The molecule has 2 N–H and O–H groups in total. The zero-order chi connectivity index (χ0) is 21.2. The molecule has 0 fully saturated rings. The van der Waals surface area contributed by atoms with E-state index in [4.69, 9.17) is 5.73 Å². The average molecular weight is 479 g/mol. The molecule has 28 heavy (non-hydrogen) atoms. The molecule has 2 aromatic rings. The van der Waals surface area contributed by atoms with Crippen molar-refractivity contribution in [2.45, 2.75) is 31.5 Å². The number of carbonyl (C=O) groups excluding carboxylic acids is 1. The first-order valence-corrected chi connectivity index (χ1v) is 9.97. The minimum absolute atomic E-state index is 0.0827. The summed E-state index contributed by atoms with van der Waals surface area (Å²) in [5.41, 5.74) is 2.92. The highest BCUT2D eigenvalue weighted by Crippen LogP contribution is 2.33. The molecule has 6 nitrogen and oxygen atoms in total. The van der Waals surface area contributed by atoms with Crippen LogP contribution in [0.5, 0.6) is 0 Å². The largest absolute Gasteiger partial charge is 0.431 e. The second-order valence-corrected chi connectivity index (χ2v) is 7.90. The fourth-order valence-electron chi connectivity index (χ4n) is 2.65. The molecule has 0 atom stereocenters. The van der Waals surface area contributed by atoms with Gasteiger partial charge in [-0.2, -0.15) is 13.2 Å². The number of aromatic nitrogens is 2. The molecule has 1 amide bonds. The number of carbonyl (C=O) groups is 1. The molecule has 2 aromatic heterocycles. The van der Waals surface area contributed by atoms with E-state index in [2.05, 4.69) is 20.9 Å². The number of thioether (sulfide) groups is 1. The quantitative estimate of drug-likeness (QED) is 0.656. The summed E-state index contributed by atoms with van der Waals surface area (Å²) in [7, 11) is 1.28. The van der Waals surface area contributed by atoms with Gasteiger partial charge in [-0.05, 0) is 40.7 Å². The maximum Gasteiger partial charge on any atom is 0.431 e. The molecule has 152 valence electrons. The van der Waals surface area contributed by atoms with Crippen LogP contribution in [0.4, 0.5) is 24.5 Å². The summed E-state index contributed by atoms with van der Waals surface area (Å²) in [4.78, 5) is 31.3. The second kappa shape index (κ2) is 8.56. The second-order valence-electron chi connectivity index (χ2n) is 5.68. The van der Waals surface area contributed by atoms with Gasteiger partial charge in [-0.15, -0.1) is 11.8 Å². The molecule has 0 bridgehead atoms. The Kier molecular flexibility index (Phi) is 6.81. The van der Waals surface area contributed by atoms with E-state index in [1.807, 2.05) is 6.92 Å². The van der Waals surface area contributed by atoms with Crippen LogP contribution in [0.25, 0.3) is 0 Å². The molecule has 2 rings (SSSR count). The van der Waals surface area contributed by atoms with Gasteiger partial charge in [0, 0.05) is 29.2 Å². The molecule has 0 unspecified atom stereocenters. The van der Waals surface area contributed by atoms with E-state index >= 15 is 0 Å². The van der Waals surface area contributed by atoms with Gasteiger partial charge in [0.25, 0.3) is 11.5 Å². The first-order valence-electron chi connectivity index (χ1n) is 8.19. The van der Waals surface area contributed by atoms with Crippen LogP contribution in [0.15, 0.2) is 32.5 Å². The summed E-state index contributed by atoms with van der Waals surface area (Å²) in [5.74, 6) is 0.0300. The third kappa shape index (κ3) is 4.35. The Hall–Kier alpha value is -2.01. The maximum absolute atomic E-state index is 13.2. The Morgan fingerprint density at radius 3 is 2.54 bits per heavy atom. The van der Waals surface area contributed by atoms with E-state index in [-0.39, 0.29) is 17.9 Å². The number of pyridine rings is 2. The number of nitrogens with zero attached hydrogens (tertiary/aromatic N) is 3. The van der Waals surface area contributed by atoms with Crippen LogP contribution in [0.3, 0.4) is 0 Å². The molecule has 0 saturated carbocycles. The van der Waals surface area contributed by atoms with Gasteiger partial charge in [-0.3, -0.25) is 9.59 Å². The zero-order valence-electron chi connectivity index (χ0n) is 15.3. The summed E-state index contributed by atoms with van der Waals surface area (Å²) < 4.78 is 40.9. The van der Waals surface area contributed by atoms with Crippen LogP contribution in [0.1, 0.15) is 30.0 Å². The third-order valence-electron chi connectivity index (χ3n) is 3.87. The van der Waals surface area contributed by atoms with Crippen LogP contribution in [0, 0.1) is 0 Å². The molecule has 0 radical (unpaired) electrons. The van der Waals surface area contributed by atoms with Crippen molar-refractivity contribution in [2.24, 2.45) is 0 Å². The number of rotatable bonds is 5. The summed E-state index contributed by atoms with van der Waals surface area (Å²) >= 11 is 4.66. The Labute approximate surface area is 172 Å². The minimum atomic E-state index is -4.75. The number of hydrogen-bond donors (Lipinski definition) is 1. The van der Waals surface area contributed by atoms with E-state index in [0.29, 0.717) is 25.8 Å². The SMILES string of the molecule is CCSc1cc(Br)cnc1C(=O)N(C)c1c(N)cc(C(F)(F)F)n(CC)c1=O. The maximum atomic E-state index is 13.2. The van der Waals surface area contributed by atoms with Crippen molar-refractivity contribution in [2.75, 3.05) is 23.4 Å². The van der Waals surface area contributed by atoms with Crippen molar-refractivity contribution in [3.8, 4) is 0 Å². The molecule has 0 aliphatic carbocycles. The Bertz CT molecular complexity index is 963. The smallest absolute Gasteiger partial charge is 0.397 e. The lowest BCUT2D eigenvalue weighted by atomic mass is 10.2. The number of hydrogen-bond acceptors (Lipinski definition) is 5. The molecular weight excluding hydrogens is 461 g/mol. The van der Waals surface area contributed by atoms with E-state index in [9.17, 15) is 22.8 Å². The first-order chi connectivity index (χ1) is 13.0. The van der Waals surface area contributed by atoms with E-state index in [1.165, 1.54) is 31.9 Å². The van der Waals surface area contributed by atoms with Crippen molar-refractivity contribution in [1.82, 2.24) is 9.55 Å². The summed E-state index contributed by atoms with van der Waals surface area (Å²) in [6, 6.07) is 2.38. The monoisotopic (exact) mass is 478 g/mol. The highest BCUT2D eigenvalue weighted by Gasteiger charge is 2.36. The van der Waals surface area contributed by atoms with Crippen LogP contribution < -0.4 is 16.2 Å². The fourth-order valence-corrected chi connectivity index (χ4v) is 3.93. The van der Waals surface area contributed by atoms with Crippen molar-refractivity contribution in [1.29, 1.82) is 0 Å². The molecule has 0 aliphatic rings. The van der Waals surface area contributed by atoms with Gasteiger partial charge in [0.1, 0.15) is 17.1 Å². The summed E-state index contributed by atoms with van der Waals surface area (Å²) in [6.45, 7) is 3.08. The van der Waals surface area contributed by atoms with Gasteiger partial charge in [0.15, 0.2) is 0 Å². The standard InChI is InChI=1S/C17H18BrF3N4O2S/c1-4-25-12(17(19,20)21)7-10(22)14(16(25)27)24(3)15(26)13-11(28-5-2)6-9(18)8-23-13/h6-8H,4-5,22H2,1-3H3. The van der Waals surface area contributed by atoms with Crippen LogP contribution in [-0.4, -0.2) is 28.3 Å². The van der Waals surface area contributed by atoms with E-state index in [0.717, 1.165) is 4.90 Å². The van der Waals surface area contributed by atoms with Crippen LogP contribution in [0.2, 0.25) is 0 Å². The molecule has 0 aromatic carbocycles. The fraction of sp³-hybridized carbons (Fsp3) is 0.353. The van der Waals surface area contributed by atoms with Crippen molar-refractivity contribution < 1.29 is 18.0 Å². The first kappa shape index (κ1) is 22.3. The number of anilines is 2. The van der Waals surface area contributed by atoms with Crippen molar-refractivity contribution in [3.05, 3.63) is 44.5 Å². The molecule has 11 heteroatoms. The number of alkyl halides is 3. The van der Waals surface area contributed by atoms with Crippen LogP contribution >= 0.6 is 27.7 Å². The normalized spacial score (nSPS) is 11.5. The Balaban J connectivity index is 2.60. The number of nitrogen functional groups attached to an aromatic ring is 1. The molecule has 0 aliphatic heterocycles. The molecule has 0 saturated heterocycles. The third-order valence-corrected chi connectivity index (χ3v) is 5.22. The lowest BCUT2D eigenvalue weighted by molar-refractivity contribution is -0.144. The number of amides is 1. The van der Waals surface area contributed by atoms with Gasteiger partial charge in [0.2, 0.25) is 0 Å². The van der Waals surface area contributed by atoms with Gasteiger partial charge in [-0.1, -0.05) is 6.92 Å². The van der Waals surface area contributed by atoms with E-state index in [1.54, 1.807) is 6.07 Å². The Morgan fingerprint density at radius 2 is 2.00 bits per heavy atom. The van der Waals surface area contributed by atoms with E-state index < -0.39 is 29.0 Å². The summed E-state index contributed by atoms with van der Waals surface area (Å²) in [5, 5.41) is 0. The number of halogens is 4. The summed E-state index contributed by atoms with van der Waals surface area (Å²) in [6.07, 6.45) is -3.32. The topological polar surface area (TPSA) is 81.2 Å². The van der Waals surface area contributed by atoms with Gasteiger partial charge in [-0.25, -0.2) is 4.98 Å². The predicted molar refractivity (Wildman–Crippen MR) is 107 cm³/mol. The minimum Gasteiger partial charge on any atom is -0.397 e. The van der Waals surface area contributed by atoms with Gasteiger partial charge >= 0.3 is 6.18 Å². The van der Waals surface area contributed by atoms with Crippen LogP contribution in [-0.2, 0) is 12.7 Å². The van der Waals surface area contributed by atoms with Gasteiger partial charge in [0.05, 0.1) is 5.69 Å². The van der Waals surface area contributed by atoms with Crippen molar-refractivity contribution in [3.63, 3.8) is 0 Å². The Morgan fingerprint density at radius 1 is 1.36 bits per heavy atom. The highest BCUT2D eigenvalue weighted by molar-refractivity contribution is 9.10.